The first-order valence-corrected chi connectivity index (χ1v) is 37.0. The molecule has 0 spiro atoms. The first-order valence-electron chi connectivity index (χ1n) is 37.0. The number of aryl methyl sites for hydroxylation is 2. The second kappa shape index (κ2) is 61.0. The fourth-order valence-electron chi connectivity index (χ4n) is 11.9. The summed E-state index contributed by atoms with van der Waals surface area (Å²) in [5.41, 5.74) is 7.33. The van der Waals surface area contributed by atoms with Gasteiger partial charge in [-0.05, 0) is 87.5 Å². The molecule has 82 heavy (non-hydrogen) atoms. The summed E-state index contributed by atoms with van der Waals surface area (Å²) in [6, 6.07) is 17.8. The summed E-state index contributed by atoms with van der Waals surface area (Å²) in [6.07, 6.45) is 77.5. The second-order valence-electron chi connectivity index (χ2n) is 25.3. The lowest BCUT2D eigenvalue weighted by Crippen LogP contribution is -2.15. The van der Waals surface area contributed by atoms with Gasteiger partial charge in [0.1, 0.15) is 0 Å². The molecule has 0 fully saturated rings. The van der Waals surface area contributed by atoms with Gasteiger partial charge in [-0.3, -0.25) is 9.98 Å². The van der Waals surface area contributed by atoms with Gasteiger partial charge in [-0.25, -0.2) is 0 Å². The largest absolute Gasteiger partial charge is 0.251 e. The zero-order valence-electron chi connectivity index (χ0n) is 55.5. The Bertz CT molecular complexity index is 1860. The molecule has 0 heterocycles. The maximum atomic E-state index is 5.55. The van der Waals surface area contributed by atoms with Crippen molar-refractivity contribution in [2.45, 2.75) is 400 Å². The number of para-hydroxylation sites is 2. The van der Waals surface area contributed by atoms with Gasteiger partial charge < -0.3 is 0 Å². The summed E-state index contributed by atoms with van der Waals surface area (Å²) >= 11 is 0. The molecule has 2 aromatic carbocycles. The van der Waals surface area contributed by atoms with Gasteiger partial charge in [-0.1, -0.05) is 347 Å². The predicted octanol–water partition coefficient (Wildman–Crippen LogP) is 27.5. The molecule has 466 valence electrons. The minimum atomic E-state index is 0.964. The van der Waals surface area contributed by atoms with Gasteiger partial charge in [0, 0.05) is 25.7 Å². The first kappa shape index (κ1) is 75.0. The first-order chi connectivity index (χ1) is 40.7. The number of rotatable bonds is 59. The average Bonchev–Trinajstić information content (AvgIpc) is 3.53. The van der Waals surface area contributed by atoms with Crippen molar-refractivity contribution >= 4 is 22.8 Å². The van der Waals surface area contributed by atoms with E-state index in [4.69, 9.17) is 9.98 Å². The summed E-state index contributed by atoms with van der Waals surface area (Å²) in [7, 11) is 0. The van der Waals surface area contributed by atoms with Crippen LogP contribution in [0, 0.1) is 23.7 Å². The van der Waals surface area contributed by atoms with Crippen molar-refractivity contribution in [1.29, 1.82) is 0 Å². The summed E-state index contributed by atoms with van der Waals surface area (Å²) in [5, 5.41) is 0. The van der Waals surface area contributed by atoms with Gasteiger partial charge >= 0.3 is 0 Å². The summed E-state index contributed by atoms with van der Waals surface area (Å²) < 4.78 is 0. The van der Waals surface area contributed by atoms with Crippen molar-refractivity contribution in [3.63, 3.8) is 0 Å². The highest BCUT2D eigenvalue weighted by Gasteiger charge is 2.14. The molecule has 0 atom stereocenters. The third-order valence-corrected chi connectivity index (χ3v) is 17.4. The van der Waals surface area contributed by atoms with Gasteiger partial charge in [-0.15, -0.1) is 23.7 Å². The molecular weight excluding hydrogens is 989 g/mol. The molecule has 0 N–H and O–H groups in total. The SMILES string of the molecule is CCCCCCCCCCCCCCCCCCCCCCCC#CCCCc1ccccc1N=C(CCCC)C(CCCCCC)=Nc1ccccc1CCCC#CCCCCCCCCCCCCCCCCCCCCCCC. The number of hydrogen-bond acceptors (Lipinski definition) is 2. The van der Waals surface area contributed by atoms with E-state index in [-0.39, 0.29) is 0 Å². The van der Waals surface area contributed by atoms with Crippen LogP contribution in [0.15, 0.2) is 58.5 Å². The minimum Gasteiger partial charge on any atom is -0.251 e. The second-order valence-corrected chi connectivity index (χ2v) is 25.3. The standard InChI is InChI=1S/C80H136N2/c1-5-9-13-16-18-20-22-24-26-28-30-32-34-36-38-40-42-44-46-48-50-52-54-56-58-60-67-75-69-63-65-72-77(75)81-79(71-12-8-4)80(74-62-15-11-7-3)82-78-73-66-64-70-76(78)68-61-59-57-55-53-51-49-47-45-43-41-39-37-35-33-31-29-27-25-23-21-19-17-14-10-6-2/h63-66,69-70,72-73H,5-53,58-62,67-68,71,74H2,1-4H3. The van der Waals surface area contributed by atoms with E-state index in [9.17, 15) is 0 Å². The topological polar surface area (TPSA) is 24.7 Å². The van der Waals surface area contributed by atoms with Crippen molar-refractivity contribution in [3.8, 4) is 23.7 Å². The van der Waals surface area contributed by atoms with Crippen LogP contribution in [0.3, 0.4) is 0 Å². The van der Waals surface area contributed by atoms with Crippen LogP contribution in [0.4, 0.5) is 11.4 Å². The molecular formula is C80H136N2. The molecule has 0 saturated heterocycles. The Hall–Kier alpha value is -3.10. The fourth-order valence-corrected chi connectivity index (χ4v) is 11.9. The zero-order valence-corrected chi connectivity index (χ0v) is 55.5. The van der Waals surface area contributed by atoms with Gasteiger partial charge in [0.25, 0.3) is 0 Å². The Balaban J connectivity index is 1.69. The smallest absolute Gasteiger partial charge is 0.0665 e. The maximum Gasteiger partial charge on any atom is 0.0665 e. The molecule has 2 heteroatoms. The lowest BCUT2D eigenvalue weighted by atomic mass is 10.0. The van der Waals surface area contributed by atoms with Crippen molar-refractivity contribution < 1.29 is 0 Å². The molecule has 0 amide bonds. The van der Waals surface area contributed by atoms with E-state index < -0.39 is 0 Å². The molecule has 0 aliphatic heterocycles. The molecule has 2 aromatic rings. The van der Waals surface area contributed by atoms with Crippen molar-refractivity contribution in [3.05, 3.63) is 59.7 Å². The van der Waals surface area contributed by atoms with Gasteiger partial charge in [0.05, 0.1) is 22.8 Å². The number of nitrogens with zero attached hydrogens (tertiary/aromatic N) is 2. The Morgan fingerprint density at radius 2 is 0.463 bits per heavy atom. The third kappa shape index (κ3) is 47.2. The number of unbranched alkanes of at least 4 members (excludes halogenated alkanes) is 48. The quantitative estimate of drug-likeness (QED) is 0.0358. The zero-order chi connectivity index (χ0) is 58.4. The van der Waals surface area contributed by atoms with Crippen LogP contribution in [0.5, 0.6) is 0 Å². The van der Waals surface area contributed by atoms with Crippen LogP contribution >= 0.6 is 0 Å². The lowest BCUT2D eigenvalue weighted by molar-refractivity contribution is 0.520. The Kier molecular flexibility index (Phi) is 55.8. The number of hydrogen-bond donors (Lipinski definition) is 0. The van der Waals surface area contributed by atoms with Crippen LogP contribution in [-0.2, 0) is 12.8 Å². The minimum absolute atomic E-state index is 0.964. The highest BCUT2D eigenvalue weighted by atomic mass is 14.8. The van der Waals surface area contributed by atoms with Crippen LogP contribution in [-0.4, -0.2) is 11.4 Å². The molecule has 0 radical (unpaired) electrons. The fraction of sp³-hybridized carbons (Fsp3) is 0.775. The molecule has 2 rings (SSSR count). The number of aliphatic imine (C=N–C) groups is 2. The van der Waals surface area contributed by atoms with E-state index in [0.29, 0.717) is 0 Å². The normalized spacial score (nSPS) is 11.8. The van der Waals surface area contributed by atoms with E-state index in [0.717, 1.165) is 94.8 Å². The Morgan fingerprint density at radius 3 is 0.744 bits per heavy atom. The third-order valence-electron chi connectivity index (χ3n) is 17.4. The predicted molar refractivity (Wildman–Crippen MR) is 371 cm³/mol. The lowest BCUT2D eigenvalue weighted by Gasteiger charge is -2.14. The molecule has 0 unspecified atom stereocenters. The molecule has 0 bridgehead atoms. The van der Waals surface area contributed by atoms with E-state index in [1.165, 1.54) is 311 Å². The molecule has 0 aliphatic carbocycles. The molecule has 0 aromatic heterocycles. The summed E-state index contributed by atoms with van der Waals surface area (Å²) in [6.45, 7) is 9.22. The molecule has 2 nitrogen and oxygen atoms in total. The van der Waals surface area contributed by atoms with E-state index in [1.807, 2.05) is 0 Å². The molecule has 0 saturated carbocycles. The van der Waals surface area contributed by atoms with Crippen molar-refractivity contribution in [1.82, 2.24) is 0 Å². The van der Waals surface area contributed by atoms with Crippen molar-refractivity contribution in [2.24, 2.45) is 9.98 Å². The van der Waals surface area contributed by atoms with E-state index in [2.05, 4.69) is 99.9 Å². The monoisotopic (exact) mass is 1130 g/mol. The summed E-state index contributed by atoms with van der Waals surface area (Å²) in [5.74, 6) is 14.1. The highest BCUT2D eigenvalue weighted by molar-refractivity contribution is 6.43. The Morgan fingerprint density at radius 1 is 0.244 bits per heavy atom. The highest BCUT2D eigenvalue weighted by Crippen LogP contribution is 2.27. The number of benzene rings is 2. The van der Waals surface area contributed by atoms with Crippen LogP contribution < -0.4 is 0 Å². The average molecular weight is 1130 g/mol. The van der Waals surface area contributed by atoms with Crippen LogP contribution in [0.25, 0.3) is 0 Å². The van der Waals surface area contributed by atoms with Crippen molar-refractivity contribution in [2.75, 3.05) is 0 Å². The molecule has 0 aliphatic rings. The summed E-state index contributed by atoms with van der Waals surface area (Å²) in [4.78, 5) is 11.1. The van der Waals surface area contributed by atoms with E-state index >= 15 is 0 Å². The van der Waals surface area contributed by atoms with Gasteiger partial charge in [0.2, 0.25) is 0 Å². The van der Waals surface area contributed by atoms with Crippen LogP contribution in [0.1, 0.15) is 398 Å². The van der Waals surface area contributed by atoms with Crippen LogP contribution in [0.2, 0.25) is 0 Å². The van der Waals surface area contributed by atoms with E-state index in [1.54, 1.807) is 0 Å². The Labute approximate surface area is 513 Å². The maximum absolute atomic E-state index is 5.55. The van der Waals surface area contributed by atoms with Gasteiger partial charge in [-0.2, -0.15) is 0 Å². The van der Waals surface area contributed by atoms with Gasteiger partial charge in [0.15, 0.2) is 0 Å².